The number of carbonyl (C=O) groups excluding carboxylic acids is 1. The summed E-state index contributed by atoms with van der Waals surface area (Å²) in [6.07, 6.45) is 3.23. The van der Waals surface area contributed by atoms with Crippen LogP contribution in [0.5, 0.6) is 0 Å². The lowest BCUT2D eigenvalue weighted by atomic mass is 10.0. The summed E-state index contributed by atoms with van der Waals surface area (Å²) in [7, 11) is -1.88. The first-order valence-electron chi connectivity index (χ1n) is 9.00. The van der Waals surface area contributed by atoms with Gasteiger partial charge in [-0.1, -0.05) is 12.1 Å². The first-order chi connectivity index (χ1) is 12.9. The number of hydrogen-bond acceptors (Lipinski definition) is 3. The number of benzene rings is 2. The molecule has 0 aliphatic carbocycles. The molecule has 2 aromatic carbocycles. The van der Waals surface area contributed by atoms with Crippen LogP contribution in [0.2, 0.25) is 0 Å². The van der Waals surface area contributed by atoms with Crippen LogP contribution >= 0.6 is 0 Å². The summed E-state index contributed by atoms with van der Waals surface area (Å²) in [5.74, 6) is -0.218. The van der Waals surface area contributed by atoms with Crippen molar-refractivity contribution < 1.29 is 17.6 Å². The van der Waals surface area contributed by atoms with E-state index in [-0.39, 0.29) is 16.6 Å². The van der Waals surface area contributed by atoms with Gasteiger partial charge >= 0.3 is 0 Å². The Hall–Kier alpha value is -2.25. The minimum atomic E-state index is -3.58. The molecule has 1 aliphatic rings. The van der Waals surface area contributed by atoms with Gasteiger partial charge in [-0.2, -0.15) is 0 Å². The minimum Gasteiger partial charge on any atom is -0.315 e. The Morgan fingerprint density at radius 3 is 2.56 bits per heavy atom. The minimum absolute atomic E-state index is 0.0392. The highest BCUT2D eigenvalue weighted by Gasteiger charge is 2.23. The van der Waals surface area contributed by atoms with E-state index >= 15 is 0 Å². The summed E-state index contributed by atoms with van der Waals surface area (Å²) in [6, 6.07) is 11.2. The van der Waals surface area contributed by atoms with Gasteiger partial charge in [-0.3, -0.25) is 4.79 Å². The third-order valence-electron chi connectivity index (χ3n) is 4.80. The van der Waals surface area contributed by atoms with Crippen LogP contribution in [-0.2, 0) is 27.7 Å². The maximum absolute atomic E-state index is 12.9. The van der Waals surface area contributed by atoms with Gasteiger partial charge in [0.2, 0.25) is 15.9 Å². The second kappa shape index (κ2) is 8.19. The van der Waals surface area contributed by atoms with Crippen molar-refractivity contribution in [1.29, 1.82) is 0 Å². The molecule has 27 heavy (non-hydrogen) atoms. The molecule has 1 N–H and O–H groups in total. The molecule has 5 nitrogen and oxygen atoms in total. The van der Waals surface area contributed by atoms with Crippen LogP contribution in [0.3, 0.4) is 0 Å². The van der Waals surface area contributed by atoms with Crippen LogP contribution < -0.4 is 9.62 Å². The van der Waals surface area contributed by atoms with Crippen molar-refractivity contribution in [3.63, 3.8) is 0 Å². The molecule has 0 radical (unpaired) electrons. The molecule has 1 heterocycles. The van der Waals surface area contributed by atoms with Gasteiger partial charge in [-0.15, -0.1) is 0 Å². The molecular formula is C20H23FN2O3S. The summed E-state index contributed by atoms with van der Waals surface area (Å²) in [4.78, 5) is 13.5. The summed E-state index contributed by atoms with van der Waals surface area (Å²) in [6.45, 7) is 0.346. The molecule has 0 atom stereocenters. The number of nitrogens with one attached hydrogen (secondary N) is 1. The van der Waals surface area contributed by atoms with E-state index in [9.17, 15) is 17.6 Å². The zero-order valence-corrected chi connectivity index (χ0v) is 16.1. The van der Waals surface area contributed by atoms with Crippen molar-refractivity contribution in [3.05, 3.63) is 59.4 Å². The molecule has 0 saturated heterocycles. The Morgan fingerprint density at radius 1 is 1.07 bits per heavy atom. The van der Waals surface area contributed by atoms with Crippen molar-refractivity contribution >= 4 is 21.6 Å². The van der Waals surface area contributed by atoms with E-state index in [1.54, 1.807) is 36.2 Å². The highest BCUT2D eigenvalue weighted by atomic mass is 32.2. The van der Waals surface area contributed by atoms with Crippen molar-refractivity contribution in [2.24, 2.45) is 0 Å². The van der Waals surface area contributed by atoms with Crippen molar-refractivity contribution in [2.45, 2.75) is 37.0 Å². The third-order valence-corrected chi connectivity index (χ3v) is 6.26. The van der Waals surface area contributed by atoms with Crippen LogP contribution in [-0.4, -0.2) is 27.9 Å². The van der Waals surface area contributed by atoms with Gasteiger partial charge < -0.3 is 4.90 Å². The zero-order valence-electron chi connectivity index (χ0n) is 15.2. The summed E-state index contributed by atoms with van der Waals surface area (Å²) < 4.78 is 40.5. The van der Waals surface area contributed by atoms with E-state index in [2.05, 4.69) is 4.72 Å². The molecule has 2 aromatic rings. The lowest BCUT2D eigenvalue weighted by molar-refractivity contribution is -0.118. The van der Waals surface area contributed by atoms with E-state index < -0.39 is 10.0 Å². The van der Waals surface area contributed by atoms with Gasteiger partial charge in [0.15, 0.2) is 0 Å². The normalized spacial score (nSPS) is 14.3. The molecule has 0 fully saturated rings. The van der Waals surface area contributed by atoms with Crippen molar-refractivity contribution in [1.82, 2.24) is 4.72 Å². The Morgan fingerprint density at radius 2 is 1.81 bits per heavy atom. The van der Waals surface area contributed by atoms with E-state index in [1.807, 2.05) is 0 Å². The first kappa shape index (κ1) is 19.5. The number of halogens is 1. The quantitative estimate of drug-likeness (QED) is 0.739. The van der Waals surface area contributed by atoms with Crippen LogP contribution in [0, 0.1) is 5.82 Å². The van der Waals surface area contributed by atoms with Gasteiger partial charge in [-0.05, 0) is 67.1 Å². The van der Waals surface area contributed by atoms with Crippen LogP contribution in [0.25, 0.3) is 0 Å². The van der Waals surface area contributed by atoms with E-state index in [1.165, 1.54) is 18.2 Å². The monoisotopic (exact) mass is 390 g/mol. The molecule has 0 bridgehead atoms. The molecule has 144 valence electrons. The third kappa shape index (κ3) is 4.73. The summed E-state index contributed by atoms with van der Waals surface area (Å²) in [5.41, 5.74) is 2.67. The molecule has 1 aliphatic heterocycles. The Labute approximate surface area is 159 Å². The number of sulfonamides is 1. The second-order valence-corrected chi connectivity index (χ2v) is 8.49. The standard InChI is InChI=1S/C20H23FN2O3S/c1-23-19-11-10-18(14-16(19)7-12-20(23)24)27(25,26)22-13-3-2-4-15-5-8-17(21)9-6-15/h5-6,8-11,14,22H,2-4,7,12-13H2,1H3. The van der Waals surface area contributed by atoms with E-state index in [0.717, 1.165) is 29.7 Å². The SMILES string of the molecule is CN1C(=O)CCc2cc(S(=O)(=O)NCCCCc3ccc(F)cc3)ccc21. The fraction of sp³-hybridized carbons (Fsp3) is 0.350. The number of anilines is 1. The number of aryl methyl sites for hydroxylation is 2. The number of unbranched alkanes of at least 4 members (excludes halogenated alkanes) is 1. The molecule has 0 saturated carbocycles. The van der Waals surface area contributed by atoms with E-state index in [0.29, 0.717) is 25.8 Å². The molecule has 7 heteroatoms. The molecule has 0 spiro atoms. The highest BCUT2D eigenvalue weighted by molar-refractivity contribution is 7.89. The lowest BCUT2D eigenvalue weighted by Crippen LogP contribution is -2.31. The number of hydrogen-bond donors (Lipinski definition) is 1. The van der Waals surface area contributed by atoms with Gasteiger partial charge in [0.25, 0.3) is 0 Å². The fourth-order valence-electron chi connectivity index (χ4n) is 3.20. The topological polar surface area (TPSA) is 66.5 Å². The Bertz CT molecular complexity index is 927. The number of rotatable bonds is 7. The molecule has 0 aromatic heterocycles. The van der Waals surface area contributed by atoms with E-state index in [4.69, 9.17) is 0 Å². The molecule has 0 unspecified atom stereocenters. The van der Waals surface area contributed by atoms with Crippen molar-refractivity contribution in [3.8, 4) is 0 Å². The Balaban J connectivity index is 1.54. The smallest absolute Gasteiger partial charge is 0.240 e. The average Bonchev–Trinajstić information content (AvgIpc) is 2.65. The number of carbonyl (C=O) groups is 1. The maximum Gasteiger partial charge on any atom is 0.240 e. The number of amides is 1. The zero-order chi connectivity index (χ0) is 19.4. The lowest BCUT2D eigenvalue weighted by Gasteiger charge is -2.26. The number of fused-ring (bicyclic) bond motifs is 1. The Kier molecular flexibility index (Phi) is 5.92. The molecule has 3 rings (SSSR count). The number of nitrogens with zero attached hydrogens (tertiary/aromatic N) is 1. The second-order valence-electron chi connectivity index (χ2n) is 6.72. The van der Waals surface area contributed by atoms with Crippen LogP contribution in [0.4, 0.5) is 10.1 Å². The summed E-state index contributed by atoms with van der Waals surface area (Å²) in [5, 5.41) is 0. The van der Waals surface area contributed by atoms with Gasteiger partial charge in [0.05, 0.1) is 4.90 Å². The van der Waals surface area contributed by atoms with Gasteiger partial charge in [0, 0.05) is 25.7 Å². The van der Waals surface area contributed by atoms with Gasteiger partial charge in [-0.25, -0.2) is 17.5 Å². The van der Waals surface area contributed by atoms with Gasteiger partial charge in [0.1, 0.15) is 5.82 Å². The molecular weight excluding hydrogens is 367 g/mol. The largest absolute Gasteiger partial charge is 0.315 e. The summed E-state index contributed by atoms with van der Waals surface area (Å²) >= 11 is 0. The predicted molar refractivity (Wildman–Crippen MR) is 103 cm³/mol. The van der Waals surface area contributed by atoms with Crippen LogP contribution in [0.15, 0.2) is 47.4 Å². The van der Waals surface area contributed by atoms with Crippen LogP contribution in [0.1, 0.15) is 30.4 Å². The molecule has 1 amide bonds. The average molecular weight is 390 g/mol. The maximum atomic E-state index is 12.9. The first-order valence-corrected chi connectivity index (χ1v) is 10.5. The predicted octanol–water partition coefficient (Wildman–Crippen LogP) is 3.04. The highest BCUT2D eigenvalue weighted by Crippen LogP contribution is 2.28. The van der Waals surface area contributed by atoms with Crippen molar-refractivity contribution in [2.75, 3.05) is 18.5 Å². The fourth-order valence-corrected chi connectivity index (χ4v) is 4.32.